The molecule has 0 unspecified atom stereocenters. The van der Waals surface area contributed by atoms with Gasteiger partial charge in [-0.1, -0.05) is 45.5 Å². The Morgan fingerprint density at radius 2 is 1.21 bits per heavy atom. The molecule has 0 aromatic heterocycles. The molecule has 4 aromatic rings. The molecule has 4 aromatic carbocycles. The third-order valence-corrected chi connectivity index (χ3v) is 11.8. The molecule has 4 nitrogen and oxygen atoms in total. The fraction of sp³-hybridized carbons (Fsp3) is 0.318. The van der Waals surface area contributed by atoms with Gasteiger partial charge in [-0.15, -0.1) is 29.9 Å². The number of hydrogen-bond donors (Lipinski definition) is 0. The lowest BCUT2D eigenvalue weighted by molar-refractivity contribution is 0.0516. The minimum atomic E-state index is -0.527. The lowest BCUT2D eigenvalue weighted by atomic mass is 9.81. The molecule has 0 bridgehead atoms. The zero-order valence-electron chi connectivity index (χ0n) is 30.8. The predicted molar refractivity (Wildman–Crippen MR) is 221 cm³/mol. The summed E-state index contributed by atoms with van der Waals surface area (Å²) in [6.45, 7) is 13.1. The van der Waals surface area contributed by atoms with Crippen molar-refractivity contribution in [1.29, 1.82) is 0 Å². The number of thioether (sulfide) groups is 2. The highest BCUT2D eigenvalue weighted by Crippen LogP contribution is 2.42. The van der Waals surface area contributed by atoms with Gasteiger partial charge in [0.1, 0.15) is 11.6 Å². The van der Waals surface area contributed by atoms with Crippen molar-refractivity contribution in [3.63, 3.8) is 0 Å². The number of rotatable bonds is 4. The maximum absolute atomic E-state index is 14.2. The molecule has 0 saturated carbocycles. The molecule has 2 heterocycles. The average molecular weight is 865 g/mol. The van der Waals surface area contributed by atoms with E-state index in [9.17, 15) is 18.4 Å². The molecule has 53 heavy (non-hydrogen) atoms. The Hall–Kier alpha value is -3.77. The Morgan fingerprint density at radius 1 is 0.717 bits per heavy atom. The van der Waals surface area contributed by atoms with Crippen LogP contribution in [-0.4, -0.2) is 36.7 Å². The van der Waals surface area contributed by atoms with E-state index < -0.39 is 23.6 Å². The monoisotopic (exact) mass is 864 g/mol. The number of benzene rings is 4. The van der Waals surface area contributed by atoms with Gasteiger partial charge >= 0.3 is 11.9 Å². The highest BCUT2D eigenvalue weighted by Gasteiger charge is 2.28. The largest absolute Gasteiger partial charge is 0.462 e. The Morgan fingerprint density at radius 3 is 1.70 bits per heavy atom. The first-order valence-electron chi connectivity index (χ1n) is 17.3. The van der Waals surface area contributed by atoms with Crippen molar-refractivity contribution in [3.05, 3.63) is 127 Å². The number of carbonyl (C=O) groups is 2. The SMILES string of the molecule is C#Cc1ccc2c(c1)C(C)(C)CCS2.CCOC(=O)c1ccc(C#Cc2ccc3c(c2)C(C)(C)CCS3)c(F)c1.CCOC(=O)c1ccc(I)c(F)c1. The fourth-order valence-electron chi connectivity index (χ4n) is 5.57. The van der Waals surface area contributed by atoms with E-state index in [1.807, 2.05) is 58.2 Å². The standard InChI is InChI=1S/C22H21FO2S.C13H14S.C9H8FIO2/c1-4-25-21(24)17-9-8-16(19(23)14-17)7-5-15-6-10-20-18(13-15)22(2,3)11-12-26-20;1-4-10-5-6-12-11(9-10)13(2,3)7-8-14-12;1-2-13-9(12)6-3-4-8(11)7(10)5-6/h6,8-10,13-14H,4,11-12H2,1-3H3;1,5-6,9H,7-8H2,2-3H3;3-5H,2H2,1H3. The van der Waals surface area contributed by atoms with E-state index in [1.54, 1.807) is 26.0 Å². The Labute approximate surface area is 334 Å². The summed E-state index contributed by atoms with van der Waals surface area (Å²) in [6, 6.07) is 21.1. The van der Waals surface area contributed by atoms with Gasteiger partial charge in [-0.2, -0.15) is 0 Å². The zero-order chi connectivity index (χ0) is 38.8. The van der Waals surface area contributed by atoms with Gasteiger partial charge in [-0.05, 0) is 156 Å². The molecule has 276 valence electrons. The van der Waals surface area contributed by atoms with Crippen molar-refractivity contribution in [1.82, 2.24) is 0 Å². The summed E-state index contributed by atoms with van der Waals surface area (Å²) in [6.07, 6.45) is 7.78. The van der Waals surface area contributed by atoms with Crippen LogP contribution < -0.4 is 0 Å². The van der Waals surface area contributed by atoms with E-state index in [-0.39, 0.29) is 34.1 Å². The van der Waals surface area contributed by atoms with Crippen LogP contribution in [0, 0.1) is 39.4 Å². The van der Waals surface area contributed by atoms with Gasteiger partial charge < -0.3 is 9.47 Å². The van der Waals surface area contributed by atoms with Crippen LogP contribution >= 0.6 is 46.1 Å². The van der Waals surface area contributed by atoms with Crippen molar-refractivity contribution < 1.29 is 27.8 Å². The Kier molecular flexibility index (Phi) is 15.1. The van der Waals surface area contributed by atoms with Crippen LogP contribution in [0.5, 0.6) is 0 Å². The van der Waals surface area contributed by atoms with Crippen LogP contribution in [0.3, 0.4) is 0 Å². The molecule has 0 atom stereocenters. The second kappa shape index (κ2) is 19.0. The topological polar surface area (TPSA) is 52.6 Å². The van der Waals surface area contributed by atoms with Gasteiger partial charge in [0.05, 0.1) is 29.9 Å². The summed E-state index contributed by atoms with van der Waals surface area (Å²) in [4.78, 5) is 25.5. The fourth-order valence-corrected chi connectivity index (χ4v) is 8.88. The van der Waals surface area contributed by atoms with E-state index in [2.05, 4.69) is 69.7 Å². The first kappa shape index (κ1) is 42.0. The maximum Gasteiger partial charge on any atom is 0.338 e. The number of halogens is 3. The second-order valence-electron chi connectivity index (χ2n) is 13.5. The molecular weight excluding hydrogens is 822 g/mol. The maximum atomic E-state index is 14.2. The van der Waals surface area contributed by atoms with Crippen molar-refractivity contribution in [2.45, 2.75) is 75.0 Å². The zero-order valence-corrected chi connectivity index (χ0v) is 34.6. The smallest absolute Gasteiger partial charge is 0.338 e. The highest BCUT2D eigenvalue weighted by atomic mass is 127. The van der Waals surface area contributed by atoms with Gasteiger partial charge in [0.15, 0.2) is 0 Å². The molecule has 0 N–H and O–H groups in total. The van der Waals surface area contributed by atoms with Gasteiger partial charge in [0.2, 0.25) is 0 Å². The first-order chi connectivity index (χ1) is 25.2. The molecule has 0 saturated heterocycles. The number of hydrogen-bond acceptors (Lipinski definition) is 6. The summed E-state index contributed by atoms with van der Waals surface area (Å²) >= 11 is 5.67. The number of fused-ring (bicyclic) bond motifs is 2. The quantitative estimate of drug-likeness (QED) is 0.116. The molecule has 0 radical (unpaired) electrons. The molecule has 2 aliphatic heterocycles. The molecule has 9 heteroatoms. The number of terminal acetylenes is 1. The van der Waals surface area contributed by atoms with E-state index in [1.165, 1.54) is 57.4 Å². The van der Waals surface area contributed by atoms with Gasteiger partial charge in [0.25, 0.3) is 0 Å². The predicted octanol–water partition coefficient (Wildman–Crippen LogP) is 11.2. The van der Waals surface area contributed by atoms with Gasteiger partial charge in [-0.3, -0.25) is 0 Å². The molecule has 0 fully saturated rings. The molecule has 0 spiro atoms. The second-order valence-corrected chi connectivity index (χ2v) is 17.0. The molecular formula is C44H43F2IO4S2. The van der Waals surface area contributed by atoms with Crippen LogP contribution in [0.25, 0.3) is 0 Å². The van der Waals surface area contributed by atoms with Crippen LogP contribution in [0.1, 0.15) is 103 Å². The van der Waals surface area contributed by atoms with Crippen molar-refractivity contribution in [3.8, 4) is 24.2 Å². The van der Waals surface area contributed by atoms with E-state index in [4.69, 9.17) is 15.9 Å². The third-order valence-electron chi connectivity index (χ3n) is 8.81. The third kappa shape index (κ3) is 11.4. The van der Waals surface area contributed by atoms with Crippen LogP contribution in [0.2, 0.25) is 0 Å². The number of esters is 2. The average Bonchev–Trinajstić information content (AvgIpc) is 3.13. The molecule has 2 aliphatic rings. The summed E-state index contributed by atoms with van der Waals surface area (Å²) in [5.41, 5.74) is 5.72. The number of ether oxygens (including phenoxy) is 2. The lowest BCUT2D eigenvalue weighted by Crippen LogP contribution is -2.22. The Bertz CT molecular complexity index is 2070. The van der Waals surface area contributed by atoms with Crippen molar-refractivity contribution in [2.24, 2.45) is 0 Å². The van der Waals surface area contributed by atoms with E-state index in [0.717, 1.165) is 23.3 Å². The van der Waals surface area contributed by atoms with Crippen molar-refractivity contribution >= 4 is 58.1 Å². The summed E-state index contributed by atoms with van der Waals surface area (Å²) < 4.78 is 37.3. The van der Waals surface area contributed by atoms with Crippen LogP contribution in [0.4, 0.5) is 8.78 Å². The molecule has 6 rings (SSSR count). The normalized spacial score (nSPS) is 14.5. The van der Waals surface area contributed by atoms with Crippen LogP contribution in [0.15, 0.2) is 82.6 Å². The first-order valence-corrected chi connectivity index (χ1v) is 20.4. The molecule has 0 aliphatic carbocycles. The summed E-state index contributed by atoms with van der Waals surface area (Å²) in [7, 11) is 0. The minimum absolute atomic E-state index is 0.130. The van der Waals surface area contributed by atoms with Gasteiger partial charge in [0, 0.05) is 24.5 Å². The van der Waals surface area contributed by atoms with Crippen molar-refractivity contribution in [2.75, 3.05) is 24.7 Å². The van der Waals surface area contributed by atoms with E-state index >= 15 is 0 Å². The number of carbonyl (C=O) groups excluding carboxylic acids is 2. The van der Waals surface area contributed by atoms with Crippen LogP contribution in [-0.2, 0) is 20.3 Å². The minimum Gasteiger partial charge on any atom is -0.462 e. The highest BCUT2D eigenvalue weighted by molar-refractivity contribution is 14.1. The molecule has 0 amide bonds. The summed E-state index contributed by atoms with van der Waals surface area (Å²) in [5, 5.41) is 0. The lowest BCUT2D eigenvalue weighted by Gasteiger charge is -2.32. The van der Waals surface area contributed by atoms with Gasteiger partial charge in [-0.25, -0.2) is 18.4 Å². The summed E-state index contributed by atoms with van der Waals surface area (Å²) in [5.74, 6) is 9.05. The van der Waals surface area contributed by atoms with E-state index in [0.29, 0.717) is 10.2 Å². The Balaban J connectivity index is 0.000000196.